The van der Waals surface area contributed by atoms with Crippen LogP contribution in [0.1, 0.15) is 43.7 Å². The van der Waals surface area contributed by atoms with Gasteiger partial charge in [-0.05, 0) is 55.7 Å². The highest BCUT2D eigenvalue weighted by atomic mass is 19.1. The molecule has 6 nitrogen and oxygen atoms in total. The van der Waals surface area contributed by atoms with Crippen molar-refractivity contribution in [3.63, 3.8) is 0 Å². The van der Waals surface area contributed by atoms with E-state index in [1.807, 2.05) is 11.0 Å². The van der Waals surface area contributed by atoms with Crippen LogP contribution in [0.4, 0.5) is 4.39 Å². The number of carbonyl (C=O) groups is 2. The SMILES string of the molecule is CC(=O)N1CC[C@@H]2C[C@@H](N3CCOCC3)CC[C@@]2(C(=O)NCc2ccc(C)c(F)c2)C1. The normalized spacial score (nSPS) is 29.3. The highest BCUT2D eigenvalue weighted by molar-refractivity contribution is 5.85. The first-order valence-electron chi connectivity index (χ1n) is 11.5. The van der Waals surface area contributed by atoms with E-state index >= 15 is 0 Å². The lowest BCUT2D eigenvalue weighted by Gasteiger charge is -2.53. The van der Waals surface area contributed by atoms with Gasteiger partial charge < -0.3 is 15.0 Å². The molecule has 1 aliphatic carbocycles. The molecule has 0 bridgehead atoms. The van der Waals surface area contributed by atoms with Gasteiger partial charge in [0.25, 0.3) is 0 Å². The van der Waals surface area contributed by atoms with Crippen molar-refractivity contribution in [3.05, 3.63) is 35.1 Å². The predicted octanol–water partition coefficient (Wildman–Crippen LogP) is 2.49. The number of piperidine rings is 1. The van der Waals surface area contributed by atoms with Crippen LogP contribution in [-0.2, 0) is 20.9 Å². The molecule has 0 aromatic heterocycles. The number of benzene rings is 1. The van der Waals surface area contributed by atoms with Crippen LogP contribution in [-0.4, -0.2) is 67.0 Å². The molecule has 3 atom stereocenters. The molecule has 0 spiro atoms. The summed E-state index contributed by atoms with van der Waals surface area (Å²) < 4.78 is 19.4. The molecule has 2 amide bonds. The van der Waals surface area contributed by atoms with Gasteiger partial charge in [0.05, 0.1) is 18.6 Å². The van der Waals surface area contributed by atoms with Crippen LogP contribution < -0.4 is 5.32 Å². The summed E-state index contributed by atoms with van der Waals surface area (Å²) >= 11 is 0. The first-order valence-corrected chi connectivity index (χ1v) is 11.5. The molecule has 1 aromatic carbocycles. The zero-order valence-electron chi connectivity index (χ0n) is 18.7. The summed E-state index contributed by atoms with van der Waals surface area (Å²) in [6.07, 6.45) is 3.57. The van der Waals surface area contributed by atoms with E-state index in [2.05, 4.69) is 10.2 Å². The Hall–Kier alpha value is -1.99. The van der Waals surface area contributed by atoms with Crippen LogP contribution in [0.2, 0.25) is 0 Å². The molecular formula is C24H34FN3O3. The largest absolute Gasteiger partial charge is 0.379 e. The second-order valence-corrected chi connectivity index (χ2v) is 9.43. The lowest BCUT2D eigenvalue weighted by Crippen LogP contribution is -2.61. The van der Waals surface area contributed by atoms with Crippen LogP contribution in [0, 0.1) is 24.1 Å². The number of fused-ring (bicyclic) bond motifs is 1. The maximum Gasteiger partial charge on any atom is 0.228 e. The van der Waals surface area contributed by atoms with E-state index < -0.39 is 5.41 Å². The molecule has 2 heterocycles. The Bertz CT molecular complexity index is 826. The summed E-state index contributed by atoms with van der Waals surface area (Å²) in [6, 6.07) is 5.56. The number of rotatable bonds is 4. The van der Waals surface area contributed by atoms with Crippen molar-refractivity contribution in [2.24, 2.45) is 11.3 Å². The van der Waals surface area contributed by atoms with Crippen molar-refractivity contribution in [1.82, 2.24) is 15.1 Å². The fourth-order valence-corrected chi connectivity index (χ4v) is 5.65. The fraction of sp³-hybridized carbons (Fsp3) is 0.667. The Morgan fingerprint density at radius 1 is 1.23 bits per heavy atom. The van der Waals surface area contributed by atoms with Crippen LogP contribution in [0.5, 0.6) is 0 Å². The van der Waals surface area contributed by atoms with Gasteiger partial charge in [-0.1, -0.05) is 12.1 Å². The lowest BCUT2D eigenvalue weighted by atomic mass is 9.61. The van der Waals surface area contributed by atoms with E-state index in [0.29, 0.717) is 31.2 Å². The van der Waals surface area contributed by atoms with Gasteiger partial charge in [-0.15, -0.1) is 0 Å². The van der Waals surface area contributed by atoms with Crippen molar-refractivity contribution < 1.29 is 18.7 Å². The van der Waals surface area contributed by atoms with Gasteiger partial charge in [-0.3, -0.25) is 14.5 Å². The molecule has 3 aliphatic rings. The average molecular weight is 432 g/mol. The zero-order valence-corrected chi connectivity index (χ0v) is 18.7. The minimum absolute atomic E-state index is 0.00450. The number of morpholine rings is 1. The molecule has 170 valence electrons. The maximum absolute atomic E-state index is 13.9. The van der Waals surface area contributed by atoms with Gasteiger partial charge in [0, 0.05) is 45.7 Å². The smallest absolute Gasteiger partial charge is 0.228 e. The number of aryl methyl sites for hydroxylation is 1. The molecule has 1 aromatic rings. The number of ether oxygens (including phenoxy) is 1. The van der Waals surface area contributed by atoms with Gasteiger partial charge in [-0.25, -0.2) is 4.39 Å². The molecule has 2 aliphatic heterocycles. The number of carbonyl (C=O) groups excluding carboxylic acids is 2. The third kappa shape index (κ3) is 4.62. The van der Waals surface area contributed by atoms with Crippen LogP contribution >= 0.6 is 0 Å². The number of halogens is 1. The zero-order chi connectivity index (χ0) is 22.0. The van der Waals surface area contributed by atoms with Crippen LogP contribution in [0.3, 0.4) is 0 Å². The third-order valence-electron chi connectivity index (χ3n) is 7.63. The number of nitrogens with one attached hydrogen (secondary N) is 1. The van der Waals surface area contributed by atoms with Crippen molar-refractivity contribution in [3.8, 4) is 0 Å². The number of likely N-dealkylation sites (tertiary alicyclic amines) is 1. The summed E-state index contributed by atoms with van der Waals surface area (Å²) in [5, 5.41) is 3.08. The standard InChI is InChI=1S/C24H34FN3O3/c1-17-3-4-19(13-22(17)25)15-26-23(30)24-7-5-21(27-9-11-31-12-10-27)14-20(24)6-8-28(16-24)18(2)29/h3-4,13,20-21H,5-12,14-16H2,1-2H3,(H,26,30)/t20-,21+,24-/m1/s1. The third-order valence-corrected chi connectivity index (χ3v) is 7.63. The number of amides is 2. The van der Waals surface area contributed by atoms with Crippen molar-refractivity contribution >= 4 is 11.8 Å². The second-order valence-electron chi connectivity index (χ2n) is 9.43. The Balaban J connectivity index is 1.49. The van der Waals surface area contributed by atoms with Gasteiger partial charge in [0.2, 0.25) is 11.8 Å². The highest BCUT2D eigenvalue weighted by Crippen LogP contribution is 2.48. The Morgan fingerprint density at radius 3 is 2.71 bits per heavy atom. The Kier molecular flexibility index (Phi) is 6.63. The van der Waals surface area contributed by atoms with Crippen molar-refractivity contribution in [2.75, 3.05) is 39.4 Å². The number of nitrogens with zero attached hydrogens (tertiary/aromatic N) is 2. The molecule has 0 unspecified atom stereocenters. The minimum Gasteiger partial charge on any atom is -0.379 e. The van der Waals surface area contributed by atoms with E-state index in [-0.39, 0.29) is 23.5 Å². The van der Waals surface area contributed by atoms with E-state index in [0.717, 1.165) is 57.6 Å². The summed E-state index contributed by atoms with van der Waals surface area (Å²) in [7, 11) is 0. The Morgan fingerprint density at radius 2 is 2.00 bits per heavy atom. The number of hydrogen-bond acceptors (Lipinski definition) is 4. The van der Waals surface area contributed by atoms with Crippen molar-refractivity contribution in [1.29, 1.82) is 0 Å². The summed E-state index contributed by atoms with van der Waals surface area (Å²) in [4.78, 5) is 30.0. The van der Waals surface area contributed by atoms with Gasteiger partial charge in [-0.2, -0.15) is 0 Å². The number of hydrogen-bond donors (Lipinski definition) is 1. The summed E-state index contributed by atoms with van der Waals surface area (Å²) in [5.74, 6) is 0.0278. The molecule has 3 fully saturated rings. The monoisotopic (exact) mass is 431 g/mol. The highest BCUT2D eigenvalue weighted by Gasteiger charge is 2.53. The molecule has 31 heavy (non-hydrogen) atoms. The molecule has 4 rings (SSSR count). The molecule has 1 saturated carbocycles. The lowest BCUT2D eigenvalue weighted by molar-refractivity contribution is -0.150. The quantitative estimate of drug-likeness (QED) is 0.796. The second kappa shape index (κ2) is 9.25. The van der Waals surface area contributed by atoms with E-state index in [1.165, 1.54) is 6.07 Å². The average Bonchev–Trinajstić information content (AvgIpc) is 2.79. The van der Waals surface area contributed by atoms with Gasteiger partial charge in [0.1, 0.15) is 5.82 Å². The van der Waals surface area contributed by atoms with Crippen molar-refractivity contribution in [2.45, 2.75) is 52.1 Å². The first kappa shape index (κ1) is 22.2. The molecule has 2 saturated heterocycles. The van der Waals surface area contributed by atoms with Crippen LogP contribution in [0.25, 0.3) is 0 Å². The molecule has 7 heteroatoms. The minimum atomic E-state index is -0.560. The molecule has 0 radical (unpaired) electrons. The van der Waals surface area contributed by atoms with E-state index in [9.17, 15) is 14.0 Å². The van der Waals surface area contributed by atoms with Gasteiger partial charge >= 0.3 is 0 Å². The van der Waals surface area contributed by atoms with E-state index in [1.54, 1.807) is 19.9 Å². The summed E-state index contributed by atoms with van der Waals surface area (Å²) in [5.41, 5.74) is 0.792. The maximum atomic E-state index is 13.9. The first-order chi connectivity index (χ1) is 14.9. The fourth-order valence-electron chi connectivity index (χ4n) is 5.65. The Labute approximate surface area is 184 Å². The predicted molar refractivity (Wildman–Crippen MR) is 116 cm³/mol. The molecular weight excluding hydrogens is 397 g/mol. The van der Waals surface area contributed by atoms with E-state index in [4.69, 9.17) is 4.74 Å². The summed E-state index contributed by atoms with van der Waals surface area (Å²) in [6.45, 7) is 8.27. The topological polar surface area (TPSA) is 61.9 Å². The van der Waals surface area contributed by atoms with Gasteiger partial charge in [0.15, 0.2) is 0 Å². The molecule has 1 N–H and O–H groups in total. The van der Waals surface area contributed by atoms with Crippen LogP contribution in [0.15, 0.2) is 18.2 Å².